The van der Waals surface area contributed by atoms with Gasteiger partial charge in [-0.2, -0.15) is 31.4 Å². The zero-order valence-corrected chi connectivity index (χ0v) is 21.6. The van der Waals surface area contributed by atoms with E-state index in [1.807, 2.05) is 0 Å². The summed E-state index contributed by atoms with van der Waals surface area (Å²) in [5.74, 6) is -2.47. The van der Waals surface area contributed by atoms with Gasteiger partial charge in [0.05, 0.1) is 47.9 Å². The number of halogens is 8. The second-order valence-corrected chi connectivity index (χ2v) is 9.18. The normalized spacial score (nSPS) is 12.2. The van der Waals surface area contributed by atoms with Gasteiger partial charge in [-0.3, -0.25) is 9.67 Å². The predicted octanol–water partition coefficient (Wildman–Crippen LogP) is 7.66. The Balaban J connectivity index is 1.51. The lowest BCUT2D eigenvalue weighted by atomic mass is 9.98. The monoisotopic (exact) mass is 593 g/mol. The summed E-state index contributed by atoms with van der Waals surface area (Å²) < 4.78 is 118. The van der Waals surface area contributed by atoms with E-state index in [9.17, 15) is 35.1 Å². The lowest BCUT2D eigenvalue weighted by Crippen LogP contribution is -2.14. The van der Waals surface area contributed by atoms with Crippen LogP contribution < -0.4 is 4.74 Å². The number of aromatic nitrogens is 5. The van der Waals surface area contributed by atoms with E-state index in [0.717, 1.165) is 24.4 Å². The van der Waals surface area contributed by atoms with Gasteiger partial charge >= 0.3 is 12.4 Å². The van der Waals surface area contributed by atoms with Crippen molar-refractivity contribution in [3.8, 4) is 39.8 Å². The highest BCUT2D eigenvalue weighted by Crippen LogP contribution is 2.43. The highest BCUT2D eigenvalue weighted by Gasteiger charge is 2.39. The second-order valence-electron chi connectivity index (χ2n) is 9.18. The zero-order chi connectivity index (χ0) is 30.2. The molecule has 0 atom stereocenters. The maximum absolute atomic E-state index is 14.2. The molecule has 5 rings (SSSR count). The molecule has 3 aromatic rings. The summed E-state index contributed by atoms with van der Waals surface area (Å²) in [6.45, 7) is 1.62. The molecule has 1 aromatic heterocycles. The smallest absolute Gasteiger partial charge is 0.418 e. The van der Waals surface area contributed by atoms with Crippen molar-refractivity contribution in [1.29, 1.82) is 0 Å². The van der Waals surface area contributed by atoms with Gasteiger partial charge in [-0.15, -0.1) is 0 Å². The van der Waals surface area contributed by atoms with E-state index in [2.05, 4.69) is 20.1 Å². The first-order valence-corrected chi connectivity index (χ1v) is 12.4. The molecule has 0 saturated heterocycles. The minimum atomic E-state index is -5.04. The largest absolute Gasteiger partial charge is 0.494 e. The molecule has 0 amide bonds. The predicted molar refractivity (Wildman–Crippen MR) is 134 cm³/mol. The molecule has 0 N–H and O–H groups in total. The zero-order valence-electron chi connectivity index (χ0n) is 21.6. The molecule has 0 saturated carbocycles. The Labute approximate surface area is 233 Å². The molecule has 0 bridgehead atoms. The third kappa shape index (κ3) is 5.87. The lowest BCUT2D eigenvalue weighted by Gasteiger charge is -2.19. The summed E-state index contributed by atoms with van der Waals surface area (Å²) in [5.41, 5.74) is -4.11. The average molecular weight is 593 g/mol. The van der Waals surface area contributed by atoms with Gasteiger partial charge in [0.25, 0.3) is 0 Å². The van der Waals surface area contributed by atoms with Crippen LogP contribution in [0.3, 0.4) is 0 Å². The van der Waals surface area contributed by atoms with Crippen molar-refractivity contribution in [3.05, 3.63) is 89.4 Å². The number of rotatable bonds is 7. The molecule has 14 heteroatoms. The second kappa shape index (κ2) is 11.0. The van der Waals surface area contributed by atoms with Gasteiger partial charge in [-0.05, 0) is 48.4 Å². The Bertz CT molecular complexity index is 1710. The van der Waals surface area contributed by atoms with E-state index in [1.54, 1.807) is 6.92 Å². The minimum Gasteiger partial charge on any atom is -0.494 e. The molecule has 0 spiro atoms. The number of imidazole rings is 1. The van der Waals surface area contributed by atoms with Crippen molar-refractivity contribution >= 4 is 0 Å². The molecule has 2 aromatic carbocycles. The molecule has 6 nitrogen and oxygen atoms in total. The SMILES string of the molecule is CCCOc1ccc(-c2ncc(Cn3cc4nc(-c5cccc(F)c5F)nc-4cn3)cc2C(F)(F)F)c(C(F)(F)F)c1. The van der Waals surface area contributed by atoms with Crippen LogP contribution in [0, 0.1) is 11.6 Å². The molecule has 42 heavy (non-hydrogen) atoms. The Morgan fingerprint density at radius 3 is 2.29 bits per heavy atom. The van der Waals surface area contributed by atoms with Gasteiger partial charge in [-0.25, -0.2) is 18.7 Å². The maximum atomic E-state index is 14.2. The third-order valence-corrected chi connectivity index (χ3v) is 6.13. The van der Waals surface area contributed by atoms with Gasteiger partial charge in [-0.1, -0.05) is 13.0 Å². The van der Waals surface area contributed by atoms with Crippen LogP contribution >= 0.6 is 0 Å². The molecule has 0 unspecified atom stereocenters. The van der Waals surface area contributed by atoms with Crippen LogP contribution in [0.25, 0.3) is 34.0 Å². The fraction of sp³-hybridized carbons (Fsp3) is 0.214. The van der Waals surface area contributed by atoms with Crippen molar-refractivity contribution in [2.24, 2.45) is 0 Å². The first-order valence-electron chi connectivity index (χ1n) is 12.4. The van der Waals surface area contributed by atoms with Crippen molar-refractivity contribution < 1.29 is 39.9 Å². The van der Waals surface area contributed by atoms with Crippen molar-refractivity contribution in [3.63, 3.8) is 0 Å². The van der Waals surface area contributed by atoms with Crippen LogP contribution in [0.4, 0.5) is 35.1 Å². The van der Waals surface area contributed by atoms with E-state index in [1.165, 1.54) is 29.2 Å². The van der Waals surface area contributed by atoms with Crippen molar-refractivity contribution in [1.82, 2.24) is 24.7 Å². The van der Waals surface area contributed by atoms with Crippen LogP contribution in [0.15, 0.2) is 61.1 Å². The Hall–Kier alpha value is -4.62. The highest BCUT2D eigenvalue weighted by atomic mass is 19.4. The Morgan fingerprint density at radius 2 is 1.57 bits per heavy atom. The number of ether oxygens (including phenoxy) is 1. The number of nitrogens with zero attached hydrogens (tertiary/aromatic N) is 5. The van der Waals surface area contributed by atoms with Crippen molar-refractivity contribution in [2.45, 2.75) is 32.2 Å². The fourth-order valence-corrected chi connectivity index (χ4v) is 4.23. The van der Waals surface area contributed by atoms with Crippen LogP contribution in [-0.4, -0.2) is 31.3 Å². The van der Waals surface area contributed by atoms with Gasteiger partial charge in [0.1, 0.15) is 17.1 Å². The quantitative estimate of drug-likeness (QED) is 0.181. The molecule has 0 radical (unpaired) electrons. The van der Waals surface area contributed by atoms with Gasteiger partial charge in [0.15, 0.2) is 17.5 Å². The summed E-state index contributed by atoms with van der Waals surface area (Å²) in [7, 11) is 0. The highest BCUT2D eigenvalue weighted by molar-refractivity contribution is 5.70. The molecule has 0 aliphatic carbocycles. The first kappa shape index (κ1) is 28.9. The number of alkyl halides is 6. The summed E-state index contributed by atoms with van der Waals surface area (Å²) in [5, 5.41) is 4.08. The van der Waals surface area contributed by atoms with Crippen LogP contribution in [0.5, 0.6) is 5.75 Å². The molecular weight excluding hydrogens is 574 g/mol. The Morgan fingerprint density at radius 1 is 0.833 bits per heavy atom. The number of hydrogen-bond acceptors (Lipinski definition) is 5. The van der Waals surface area contributed by atoms with Gasteiger partial charge < -0.3 is 4.74 Å². The third-order valence-electron chi connectivity index (χ3n) is 6.13. The molecule has 3 heterocycles. The molecule has 2 aliphatic rings. The summed E-state index contributed by atoms with van der Waals surface area (Å²) in [6, 6.07) is 6.93. The van der Waals surface area contributed by atoms with Crippen LogP contribution in [0.1, 0.15) is 30.0 Å². The van der Waals surface area contributed by atoms with Gasteiger partial charge in [0, 0.05) is 11.8 Å². The minimum absolute atomic E-state index is 0.0182. The first-order chi connectivity index (χ1) is 19.8. The van der Waals surface area contributed by atoms with E-state index >= 15 is 0 Å². The molecule has 2 aliphatic heterocycles. The molecule has 0 fully saturated rings. The summed E-state index contributed by atoms with van der Waals surface area (Å²) in [4.78, 5) is 12.1. The number of fused-ring (bicyclic) bond motifs is 1. The van der Waals surface area contributed by atoms with Crippen LogP contribution in [0.2, 0.25) is 0 Å². The average Bonchev–Trinajstić information content (AvgIpc) is 3.35. The number of benzene rings is 2. The van der Waals surface area contributed by atoms with Crippen LogP contribution in [-0.2, 0) is 18.9 Å². The van der Waals surface area contributed by atoms with E-state index < -0.39 is 46.4 Å². The number of hydrogen-bond donors (Lipinski definition) is 0. The lowest BCUT2D eigenvalue weighted by molar-refractivity contribution is -0.139. The van der Waals surface area contributed by atoms with Gasteiger partial charge in [0.2, 0.25) is 0 Å². The summed E-state index contributed by atoms with van der Waals surface area (Å²) in [6.07, 6.45) is -5.90. The summed E-state index contributed by atoms with van der Waals surface area (Å²) >= 11 is 0. The Kier molecular flexibility index (Phi) is 7.56. The van der Waals surface area contributed by atoms with E-state index in [-0.39, 0.29) is 47.2 Å². The fourth-order valence-electron chi connectivity index (χ4n) is 4.23. The molecule has 218 valence electrons. The number of pyridine rings is 1. The van der Waals surface area contributed by atoms with Crippen molar-refractivity contribution in [2.75, 3.05) is 6.61 Å². The van der Waals surface area contributed by atoms with E-state index in [4.69, 9.17) is 4.74 Å². The standard InChI is InChI=1S/C28H19F8N5O/c1-2-8-42-16-6-7-17(19(10-16)27(31,32)33)25-20(28(34,35)36)9-15(11-37-25)13-41-14-23-22(12-38-41)39-26(40-23)18-4-3-5-21(29)24(18)30/h3-7,9-12,14H,2,8,13H2,1H3. The topological polar surface area (TPSA) is 65.7 Å². The molecular formula is C28H19F8N5O. The maximum Gasteiger partial charge on any atom is 0.418 e. The van der Waals surface area contributed by atoms with E-state index in [0.29, 0.717) is 18.6 Å².